The zero-order valence-corrected chi connectivity index (χ0v) is 7.31. The van der Waals surface area contributed by atoms with Gasteiger partial charge < -0.3 is 10.5 Å². The molecule has 14 heavy (non-hydrogen) atoms. The van der Waals surface area contributed by atoms with E-state index in [2.05, 4.69) is 19.9 Å². The van der Waals surface area contributed by atoms with Crippen LogP contribution < -0.4 is 16.0 Å². The molecule has 7 heteroatoms. The summed E-state index contributed by atoms with van der Waals surface area (Å²) in [7, 11) is 1.45. The second kappa shape index (κ2) is 2.95. The summed E-state index contributed by atoms with van der Waals surface area (Å²) >= 11 is 0. The van der Waals surface area contributed by atoms with Gasteiger partial charge in [0, 0.05) is 0 Å². The highest BCUT2D eigenvalue weighted by molar-refractivity contribution is 5.69. The molecule has 0 amide bonds. The van der Waals surface area contributed by atoms with Crippen molar-refractivity contribution in [2.24, 2.45) is 0 Å². The van der Waals surface area contributed by atoms with Crippen LogP contribution in [0.5, 0.6) is 5.88 Å². The topological polar surface area (TPSA) is 107 Å². The largest absolute Gasteiger partial charge is 0.480 e. The fourth-order valence-electron chi connectivity index (χ4n) is 1.02. The maximum atomic E-state index is 11.3. The first-order chi connectivity index (χ1) is 6.70. The molecule has 0 aliphatic carbocycles. The fourth-order valence-corrected chi connectivity index (χ4v) is 1.02. The number of nitrogens with one attached hydrogen (secondary N) is 1. The molecule has 7 nitrogen and oxygen atoms in total. The highest BCUT2D eigenvalue weighted by atomic mass is 16.5. The maximum Gasteiger partial charge on any atom is 0.280 e. The van der Waals surface area contributed by atoms with E-state index in [0.717, 1.165) is 0 Å². The van der Waals surface area contributed by atoms with Crippen LogP contribution in [-0.2, 0) is 0 Å². The van der Waals surface area contributed by atoms with E-state index in [9.17, 15) is 4.79 Å². The van der Waals surface area contributed by atoms with Crippen LogP contribution in [0, 0.1) is 0 Å². The second-order valence-electron chi connectivity index (χ2n) is 2.54. The number of methoxy groups -OCH3 is 1. The molecule has 0 aromatic carbocycles. The van der Waals surface area contributed by atoms with Crippen molar-refractivity contribution in [3.8, 4) is 5.88 Å². The number of ether oxygens (including phenoxy) is 1. The highest BCUT2D eigenvalue weighted by Crippen LogP contribution is 2.07. The summed E-state index contributed by atoms with van der Waals surface area (Å²) < 4.78 is 4.84. The number of nitrogens with zero attached hydrogens (tertiary/aromatic N) is 3. The molecule has 0 fully saturated rings. The molecule has 0 saturated carbocycles. The summed E-state index contributed by atoms with van der Waals surface area (Å²) in [5.74, 6) is 0.292. The third-order valence-electron chi connectivity index (χ3n) is 1.62. The molecular weight excluding hydrogens is 186 g/mol. The van der Waals surface area contributed by atoms with E-state index >= 15 is 0 Å². The van der Waals surface area contributed by atoms with E-state index in [1.807, 2.05) is 0 Å². The summed E-state index contributed by atoms with van der Waals surface area (Å²) in [6, 6.07) is 0. The van der Waals surface area contributed by atoms with E-state index in [1.165, 1.54) is 13.3 Å². The van der Waals surface area contributed by atoms with Crippen molar-refractivity contribution in [2.75, 3.05) is 12.8 Å². The van der Waals surface area contributed by atoms with Crippen LogP contribution in [0.3, 0.4) is 0 Å². The summed E-state index contributed by atoms with van der Waals surface area (Å²) in [6.45, 7) is 0. The van der Waals surface area contributed by atoms with E-state index in [0.29, 0.717) is 0 Å². The van der Waals surface area contributed by atoms with Crippen LogP contribution in [0.1, 0.15) is 0 Å². The van der Waals surface area contributed by atoms with E-state index in [4.69, 9.17) is 10.5 Å². The van der Waals surface area contributed by atoms with Crippen LogP contribution in [-0.4, -0.2) is 27.0 Å². The van der Waals surface area contributed by atoms with Crippen molar-refractivity contribution in [3.05, 3.63) is 16.6 Å². The van der Waals surface area contributed by atoms with Gasteiger partial charge in [-0.1, -0.05) is 0 Å². The van der Waals surface area contributed by atoms with Crippen molar-refractivity contribution in [2.45, 2.75) is 0 Å². The molecule has 0 spiro atoms. The minimum atomic E-state index is -0.414. The molecule has 2 rings (SSSR count). The minimum Gasteiger partial charge on any atom is -0.480 e. The van der Waals surface area contributed by atoms with Gasteiger partial charge in [0.1, 0.15) is 0 Å². The number of fused-ring (bicyclic) bond motifs is 1. The van der Waals surface area contributed by atoms with E-state index in [1.54, 1.807) is 0 Å². The SMILES string of the molecule is COc1cnc2c(=O)[nH]c(N)nc2n1. The van der Waals surface area contributed by atoms with Gasteiger partial charge in [-0.05, 0) is 0 Å². The Bertz CT molecular complexity index is 535. The number of nitrogen functional groups attached to an aromatic ring is 1. The van der Waals surface area contributed by atoms with Gasteiger partial charge in [-0.2, -0.15) is 9.97 Å². The van der Waals surface area contributed by atoms with Crippen LogP contribution in [0.2, 0.25) is 0 Å². The Labute approximate surface area is 78.0 Å². The quantitative estimate of drug-likeness (QED) is 0.620. The standard InChI is InChI=1S/C7H7N5O2/c1-14-3-2-9-4-5(10-3)11-7(8)12-6(4)13/h2H,1H3,(H3,8,10,11,12,13). The molecule has 2 heterocycles. The number of nitrogens with two attached hydrogens (primary N) is 1. The zero-order chi connectivity index (χ0) is 10.1. The van der Waals surface area contributed by atoms with Crippen molar-refractivity contribution >= 4 is 17.1 Å². The Balaban J connectivity index is 2.82. The number of hydrogen-bond donors (Lipinski definition) is 2. The predicted octanol–water partition coefficient (Wildman–Crippen LogP) is -0.696. The van der Waals surface area contributed by atoms with Gasteiger partial charge in [0.15, 0.2) is 11.2 Å². The van der Waals surface area contributed by atoms with Crippen LogP contribution in [0.15, 0.2) is 11.0 Å². The Morgan fingerprint density at radius 1 is 1.50 bits per heavy atom. The average Bonchev–Trinajstić information content (AvgIpc) is 2.16. The van der Waals surface area contributed by atoms with E-state index < -0.39 is 5.56 Å². The zero-order valence-electron chi connectivity index (χ0n) is 7.31. The van der Waals surface area contributed by atoms with Crippen LogP contribution in [0.25, 0.3) is 11.2 Å². The van der Waals surface area contributed by atoms with Gasteiger partial charge in [-0.25, -0.2) is 4.98 Å². The molecule has 2 aromatic heterocycles. The lowest BCUT2D eigenvalue weighted by Gasteiger charge is -1.99. The molecule has 0 saturated heterocycles. The summed E-state index contributed by atoms with van der Waals surface area (Å²) in [6.07, 6.45) is 1.34. The molecule has 3 N–H and O–H groups in total. The molecule has 0 aliphatic rings. The molecule has 0 bridgehead atoms. The number of aromatic amines is 1. The normalized spacial score (nSPS) is 10.4. The van der Waals surface area contributed by atoms with Crippen molar-refractivity contribution in [1.29, 1.82) is 0 Å². The lowest BCUT2D eigenvalue weighted by atomic mass is 10.5. The molecular formula is C7H7N5O2. The first-order valence-corrected chi connectivity index (χ1v) is 3.77. The van der Waals surface area contributed by atoms with Crippen molar-refractivity contribution in [1.82, 2.24) is 19.9 Å². The second-order valence-corrected chi connectivity index (χ2v) is 2.54. The van der Waals surface area contributed by atoms with Gasteiger partial charge in [0.2, 0.25) is 11.8 Å². The Morgan fingerprint density at radius 2 is 2.29 bits per heavy atom. The van der Waals surface area contributed by atoms with Gasteiger partial charge in [0.05, 0.1) is 13.3 Å². The lowest BCUT2D eigenvalue weighted by Crippen LogP contribution is -2.13. The molecule has 0 unspecified atom stereocenters. The Kier molecular flexibility index (Phi) is 1.77. The fraction of sp³-hybridized carbons (Fsp3) is 0.143. The van der Waals surface area contributed by atoms with Crippen LogP contribution in [0.4, 0.5) is 5.95 Å². The predicted molar refractivity (Wildman–Crippen MR) is 48.9 cm³/mol. The smallest absolute Gasteiger partial charge is 0.280 e. The minimum absolute atomic E-state index is 0.00468. The first kappa shape index (κ1) is 8.42. The molecule has 0 atom stereocenters. The third kappa shape index (κ3) is 1.24. The van der Waals surface area contributed by atoms with Gasteiger partial charge in [-0.3, -0.25) is 9.78 Å². The lowest BCUT2D eigenvalue weighted by molar-refractivity contribution is 0.397. The Hall–Kier alpha value is -2.18. The maximum absolute atomic E-state index is 11.3. The molecule has 2 aromatic rings. The van der Waals surface area contributed by atoms with Crippen molar-refractivity contribution < 1.29 is 4.74 Å². The van der Waals surface area contributed by atoms with E-state index in [-0.39, 0.29) is 23.0 Å². The molecule has 0 aliphatic heterocycles. The summed E-state index contributed by atoms with van der Waals surface area (Å²) in [5, 5.41) is 0. The van der Waals surface area contributed by atoms with Crippen molar-refractivity contribution in [3.63, 3.8) is 0 Å². The molecule has 72 valence electrons. The first-order valence-electron chi connectivity index (χ1n) is 3.77. The number of rotatable bonds is 1. The number of H-pyrrole nitrogens is 1. The van der Waals surface area contributed by atoms with Gasteiger partial charge in [0.25, 0.3) is 5.56 Å². The average molecular weight is 193 g/mol. The van der Waals surface area contributed by atoms with Crippen LogP contribution >= 0.6 is 0 Å². The highest BCUT2D eigenvalue weighted by Gasteiger charge is 2.05. The number of hydrogen-bond acceptors (Lipinski definition) is 6. The van der Waals surface area contributed by atoms with Gasteiger partial charge in [-0.15, -0.1) is 0 Å². The molecule has 0 radical (unpaired) electrons. The third-order valence-corrected chi connectivity index (χ3v) is 1.62. The van der Waals surface area contributed by atoms with Gasteiger partial charge >= 0.3 is 0 Å². The number of aromatic nitrogens is 4. The monoisotopic (exact) mass is 193 g/mol. The Morgan fingerprint density at radius 3 is 3.00 bits per heavy atom. The number of anilines is 1. The summed E-state index contributed by atoms with van der Waals surface area (Å²) in [4.78, 5) is 25.2. The summed E-state index contributed by atoms with van der Waals surface area (Å²) in [5.41, 5.74) is 5.24.